The number of piperidine rings is 1. The molecule has 11 heteroatoms. The number of carbonyl (C=O) groups is 3. The molecule has 2 aromatic carbocycles. The van der Waals surface area contributed by atoms with Crippen molar-refractivity contribution in [2.75, 3.05) is 26.5 Å². The molecule has 1 aromatic heterocycles. The van der Waals surface area contributed by atoms with E-state index in [-0.39, 0.29) is 47.8 Å². The fourth-order valence-corrected chi connectivity index (χ4v) is 5.98. The molecule has 2 heterocycles. The van der Waals surface area contributed by atoms with Crippen LogP contribution in [0.25, 0.3) is 0 Å². The van der Waals surface area contributed by atoms with Gasteiger partial charge in [-0.15, -0.1) is 11.3 Å². The van der Waals surface area contributed by atoms with E-state index in [4.69, 9.17) is 4.74 Å². The number of rotatable bonds is 10. The van der Waals surface area contributed by atoms with Crippen molar-refractivity contribution in [1.82, 2.24) is 15.2 Å². The van der Waals surface area contributed by atoms with Crippen molar-refractivity contribution >= 4 is 38.8 Å². The first-order chi connectivity index (χ1) is 18.6. The summed E-state index contributed by atoms with van der Waals surface area (Å²) < 4.78 is 28.3. The summed E-state index contributed by atoms with van der Waals surface area (Å²) in [5, 5.41) is 5.43. The third-order valence-electron chi connectivity index (χ3n) is 6.73. The first-order valence-corrected chi connectivity index (χ1v) is 15.4. The molecule has 4 rings (SSSR count). The van der Waals surface area contributed by atoms with Crippen LogP contribution >= 0.6 is 11.3 Å². The second-order valence-corrected chi connectivity index (χ2v) is 12.4. The minimum Gasteiger partial charge on any atom is -0.497 e. The molecule has 0 unspecified atom stereocenters. The number of methoxy groups -OCH3 is 1. The Kier molecular flexibility index (Phi) is 9.13. The van der Waals surface area contributed by atoms with Crippen LogP contribution in [0.4, 0.5) is 0 Å². The molecule has 39 heavy (non-hydrogen) atoms. The third kappa shape index (κ3) is 7.51. The van der Waals surface area contributed by atoms with Crippen molar-refractivity contribution < 1.29 is 27.5 Å². The van der Waals surface area contributed by atoms with Gasteiger partial charge in [0.1, 0.15) is 11.4 Å². The van der Waals surface area contributed by atoms with Crippen LogP contribution in [-0.2, 0) is 21.2 Å². The van der Waals surface area contributed by atoms with Gasteiger partial charge in [-0.25, -0.2) is 13.4 Å². The predicted octanol–water partition coefficient (Wildman–Crippen LogP) is 3.85. The molecule has 2 amide bonds. The fourth-order valence-electron chi connectivity index (χ4n) is 4.38. The molecule has 0 aliphatic carbocycles. The molecule has 1 saturated heterocycles. The van der Waals surface area contributed by atoms with Crippen molar-refractivity contribution in [2.24, 2.45) is 0 Å². The fraction of sp³-hybridized carbons (Fsp3) is 0.357. The normalized spacial score (nSPS) is 14.2. The zero-order chi connectivity index (χ0) is 28.0. The molecule has 1 aliphatic heterocycles. The third-order valence-corrected chi connectivity index (χ3v) is 8.87. The molecule has 9 nitrogen and oxygen atoms in total. The number of aromatic nitrogens is 1. The number of nitrogens with one attached hydrogen (secondary N) is 1. The summed E-state index contributed by atoms with van der Waals surface area (Å²) in [7, 11) is -1.70. The summed E-state index contributed by atoms with van der Waals surface area (Å²) in [6, 6.07) is 13.3. The molecule has 3 aromatic rings. The summed E-state index contributed by atoms with van der Waals surface area (Å²) in [6.07, 6.45) is 2.99. The lowest BCUT2D eigenvalue weighted by Gasteiger charge is -2.31. The second kappa shape index (κ2) is 12.5. The molecule has 0 radical (unpaired) electrons. The molecule has 0 atom stereocenters. The van der Waals surface area contributed by atoms with E-state index in [1.807, 2.05) is 0 Å². The zero-order valence-electron chi connectivity index (χ0n) is 21.9. The summed E-state index contributed by atoms with van der Waals surface area (Å²) in [5.74, 6) is 0.459. The molecule has 1 N–H and O–H groups in total. The summed E-state index contributed by atoms with van der Waals surface area (Å²) >= 11 is 1.44. The number of ketones is 1. The number of hydrogen-bond donors (Lipinski definition) is 1. The number of hydrogen-bond acceptors (Lipinski definition) is 8. The van der Waals surface area contributed by atoms with Gasteiger partial charge in [0.25, 0.3) is 5.91 Å². The highest BCUT2D eigenvalue weighted by atomic mass is 32.2. The molecular formula is C28H31N3O6S2. The lowest BCUT2D eigenvalue weighted by atomic mass is 9.97. The van der Waals surface area contributed by atoms with Crippen LogP contribution in [0.2, 0.25) is 0 Å². The number of likely N-dealkylation sites (tertiary alicyclic amines) is 1. The van der Waals surface area contributed by atoms with E-state index >= 15 is 0 Å². The van der Waals surface area contributed by atoms with Crippen molar-refractivity contribution in [1.29, 1.82) is 0 Å². The van der Waals surface area contributed by atoms with E-state index in [1.165, 1.54) is 23.5 Å². The minimum atomic E-state index is -3.26. The van der Waals surface area contributed by atoms with Crippen LogP contribution in [0, 0.1) is 0 Å². The Morgan fingerprint density at radius 3 is 2.31 bits per heavy atom. The van der Waals surface area contributed by atoms with Gasteiger partial charge in [0.15, 0.2) is 15.6 Å². The van der Waals surface area contributed by atoms with Crippen LogP contribution in [0.5, 0.6) is 5.75 Å². The molecular weight excluding hydrogens is 538 g/mol. The van der Waals surface area contributed by atoms with Gasteiger partial charge in [-0.1, -0.05) is 12.1 Å². The summed E-state index contributed by atoms with van der Waals surface area (Å²) in [6.45, 7) is 1.44. The van der Waals surface area contributed by atoms with Crippen molar-refractivity contribution in [2.45, 2.75) is 43.0 Å². The zero-order valence-corrected chi connectivity index (χ0v) is 23.5. The van der Waals surface area contributed by atoms with E-state index in [1.54, 1.807) is 53.8 Å². The largest absolute Gasteiger partial charge is 0.497 e. The monoisotopic (exact) mass is 569 g/mol. The van der Waals surface area contributed by atoms with Crippen LogP contribution in [-0.4, -0.2) is 62.4 Å². The van der Waals surface area contributed by atoms with Gasteiger partial charge < -0.3 is 15.0 Å². The van der Waals surface area contributed by atoms with Crippen molar-refractivity contribution in [3.8, 4) is 5.75 Å². The lowest BCUT2D eigenvalue weighted by molar-refractivity contribution is -0.132. The predicted molar refractivity (Wildman–Crippen MR) is 148 cm³/mol. The van der Waals surface area contributed by atoms with E-state index < -0.39 is 9.84 Å². The molecule has 1 aliphatic rings. The summed E-state index contributed by atoms with van der Waals surface area (Å²) in [5.41, 5.74) is 1.70. The maximum Gasteiger partial charge on any atom is 0.271 e. The van der Waals surface area contributed by atoms with Crippen LogP contribution in [0.3, 0.4) is 0 Å². The molecule has 0 spiro atoms. The van der Waals surface area contributed by atoms with E-state index in [9.17, 15) is 22.8 Å². The molecule has 0 bridgehead atoms. The minimum absolute atomic E-state index is 0.0286. The topological polar surface area (TPSA) is 123 Å². The van der Waals surface area contributed by atoms with Gasteiger partial charge in [-0.2, -0.15) is 0 Å². The van der Waals surface area contributed by atoms with Gasteiger partial charge >= 0.3 is 0 Å². The van der Waals surface area contributed by atoms with Gasteiger partial charge in [0.2, 0.25) is 5.91 Å². The Bertz CT molecular complexity index is 1420. The number of nitrogens with zero attached hydrogens (tertiary/aromatic N) is 2. The number of benzene rings is 2. The van der Waals surface area contributed by atoms with Crippen LogP contribution in [0.1, 0.15) is 63.0 Å². The van der Waals surface area contributed by atoms with Gasteiger partial charge in [0.05, 0.1) is 17.0 Å². The van der Waals surface area contributed by atoms with Crippen LogP contribution < -0.4 is 10.1 Å². The Balaban J connectivity index is 1.22. The maximum absolute atomic E-state index is 12.7. The Hall–Kier alpha value is -3.57. The van der Waals surface area contributed by atoms with E-state index in [0.29, 0.717) is 30.1 Å². The van der Waals surface area contributed by atoms with Gasteiger partial charge in [-0.3, -0.25) is 14.4 Å². The number of amides is 2. The SMILES string of the molecule is COc1ccc(C(=O)CCC(=O)N2CCC(c3nc(C(=O)NCc4ccc(S(C)(=O)=O)cc4)cs3)CC2)cc1. The van der Waals surface area contributed by atoms with Crippen molar-refractivity contribution in [3.05, 3.63) is 75.7 Å². The second-order valence-electron chi connectivity index (χ2n) is 9.48. The van der Waals surface area contributed by atoms with Crippen molar-refractivity contribution in [3.63, 3.8) is 0 Å². The van der Waals surface area contributed by atoms with E-state index in [2.05, 4.69) is 10.3 Å². The maximum atomic E-state index is 12.7. The number of carbonyl (C=O) groups excluding carboxylic acids is 3. The first-order valence-electron chi connectivity index (χ1n) is 12.6. The summed E-state index contributed by atoms with van der Waals surface area (Å²) in [4.78, 5) is 44.3. The quantitative estimate of drug-likeness (QED) is 0.368. The highest BCUT2D eigenvalue weighted by Gasteiger charge is 2.26. The molecule has 1 fully saturated rings. The number of Topliss-reactive ketones (excluding diaryl/α,β-unsaturated/α-hetero) is 1. The Labute approximate surface area is 232 Å². The number of thiazole rings is 1. The average Bonchev–Trinajstić information content (AvgIpc) is 3.45. The smallest absolute Gasteiger partial charge is 0.271 e. The number of sulfone groups is 1. The number of ether oxygens (including phenoxy) is 1. The highest BCUT2D eigenvalue weighted by molar-refractivity contribution is 7.90. The lowest BCUT2D eigenvalue weighted by Crippen LogP contribution is -2.38. The average molecular weight is 570 g/mol. The van der Waals surface area contributed by atoms with Gasteiger partial charge in [0, 0.05) is 55.6 Å². The van der Waals surface area contributed by atoms with Gasteiger partial charge in [-0.05, 0) is 54.8 Å². The van der Waals surface area contributed by atoms with Crippen LogP contribution in [0.15, 0.2) is 58.8 Å². The van der Waals surface area contributed by atoms with E-state index in [0.717, 1.165) is 29.7 Å². The molecule has 0 saturated carbocycles. The first kappa shape index (κ1) is 28.4. The Morgan fingerprint density at radius 1 is 1.03 bits per heavy atom. The highest BCUT2D eigenvalue weighted by Crippen LogP contribution is 2.30. The standard InChI is InChI=1S/C28H31N3O6S2/c1-37-22-7-5-20(6-8-22)25(32)11-12-26(33)31-15-13-21(14-16-31)28-30-24(18-38-28)27(34)29-17-19-3-9-23(10-4-19)39(2,35)36/h3-10,18,21H,11-17H2,1-2H3,(H,29,34). The molecule has 206 valence electrons. The Morgan fingerprint density at radius 2 is 1.69 bits per heavy atom.